The van der Waals surface area contributed by atoms with Gasteiger partial charge in [0, 0.05) is 29.8 Å². The van der Waals surface area contributed by atoms with Crippen LogP contribution in [0.25, 0.3) is 0 Å². The third-order valence-electron chi connectivity index (χ3n) is 8.66. The number of nitrogens with zero attached hydrogens (tertiary/aromatic N) is 1. The molecule has 2 aliphatic heterocycles. The highest BCUT2D eigenvalue weighted by Crippen LogP contribution is 2.51. The number of carbonyl (C=O) groups excluding carboxylic acids is 2. The van der Waals surface area contributed by atoms with Crippen molar-refractivity contribution in [1.82, 2.24) is 10.2 Å². The van der Waals surface area contributed by atoms with Crippen LogP contribution in [0.4, 0.5) is 5.69 Å². The molecule has 2 heterocycles. The summed E-state index contributed by atoms with van der Waals surface area (Å²) in [6.45, 7) is 0.739. The molecule has 5 atom stereocenters. The molecule has 2 amide bonds. The van der Waals surface area contributed by atoms with Crippen molar-refractivity contribution < 1.29 is 14.3 Å². The minimum absolute atomic E-state index is 0.0324. The summed E-state index contributed by atoms with van der Waals surface area (Å²) in [7, 11) is 1.61. The molecule has 3 aromatic carbocycles. The second-order valence-electron chi connectivity index (χ2n) is 10.7. The van der Waals surface area contributed by atoms with Gasteiger partial charge in [0.2, 0.25) is 5.91 Å². The number of rotatable bonds is 5. The molecular weight excluding hydrogens is 474 g/mol. The highest BCUT2D eigenvalue weighted by Gasteiger charge is 2.48. The van der Waals surface area contributed by atoms with Crippen LogP contribution in [0.2, 0.25) is 0 Å². The molecule has 0 unspecified atom stereocenters. The first-order chi connectivity index (χ1) is 18.6. The second kappa shape index (κ2) is 10.5. The van der Waals surface area contributed by atoms with Crippen LogP contribution >= 0.6 is 0 Å². The lowest BCUT2D eigenvalue weighted by atomic mass is 9.79. The number of ether oxygens (including phenoxy) is 1. The second-order valence-corrected chi connectivity index (χ2v) is 10.7. The summed E-state index contributed by atoms with van der Waals surface area (Å²) < 4.78 is 5.22. The summed E-state index contributed by atoms with van der Waals surface area (Å²) in [5.41, 5.74) is 4.15. The van der Waals surface area contributed by atoms with Crippen LogP contribution in [-0.2, 0) is 4.79 Å². The van der Waals surface area contributed by atoms with Crippen molar-refractivity contribution in [3.05, 3.63) is 95.6 Å². The quantitative estimate of drug-likeness (QED) is 0.460. The third kappa shape index (κ3) is 4.53. The van der Waals surface area contributed by atoms with Gasteiger partial charge in [-0.3, -0.25) is 9.59 Å². The normalized spacial score (nSPS) is 26.0. The summed E-state index contributed by atoms with van der Waals surface area (Å²) in [5.74, 6) is 0.856. The average Bonchev–Trinajstić information content (AvgIpc) is 3.43. The molecule has 0 bridgehead atoms. The van der Waals surface area contributed by atoms with E-state index in [4.69, 9.17) is 4.74 Å². The van der Waals surface area contributed by atoms with E-state index in [1.54, 1.807) is 31.4 Å². The predicted molar refractivity (Wildman–Crippen MR) is 148 cm³/mol. The smallest absolute Gasteiger partial charge is 0.251 e. The Bertz CT molecular complexity index is 1290. The molecule has 1 saturated heterocycles. The van der Waals surface area contributed by atoms with Gasteiger partial charge in [0.05, 0.1) is 25.1 Å². The van der Waals surface area contributed by atoms with Crippen LogP contribution in [0.1, 0.15) is 65.7 Å². The average molecular weight is 510 g/mol. The Morgan fingerprint density at radius 2 is 1.63 bits per heavy atom. The summed E-state index contributed by atoms with van der Waals surface area (Å²) in [6, 6.07) is 26.2. The first-order valence-electron chi connectivity index (χ1n) is 13.8. The number of para-hydroxylation sites is 1. The number of anilines is 1. The largest absolute Gasteiger partial charge is 0.497 e. The molecule has 38 heavy (non-hydrogen) atoms. The van der Waals surface area contributed by atoms with Gasteiger partial charge < -0.3 is 20.3 Å². The van der Waals surface area contributed by atoms with Crippen LogP contribution in [0.15, 0.2) is 78.9 Å². The van der Waals surface area contributed by atoms with E-state index in [0.717, 1.165) is 44.3 Å². The highest BCUT2D eigenvalue weighted by molar-refractivity contribution is 5.95. The van der Waals surface area contributed by atoms with Gasteiger partial charge in [0.1, 0.15) is 5.75 Å². The zero-order chi connectivity index (χ0) is 26.1. The topological polar surface area (TPSA) is 70.7 Å². The molecule has 196 valence electrons. The van der Waals surface area contributed by atoms with Crippen molar-refractivity contribution in [1.29, 1.82) is 0 Å². The Balaban J connectivity index is 1.25. The molecule has 1 aliphatic carbocycles. The molecule has 0 aromatic heterocycles. The molecule has 1 saturated carbocycles. The molecule has 3 aliphatic rings. The number of nitrogens with one attached hydrogen (secondary N) is 2. The lowest BCUT2D eigenvalue weighted by Crippen LogP contribution is -2.50. The van der Waals surface area contributed by atoms with Crippen molar-refractivity contribution in [2.75, 3.05) is 19.0 Å². The van der Waals surface area contributed by atoms with Gasteiger partial charge in [-0.2, -0.15) is 0 Å². The lowest BCUT2D eigenvalue weighted by Gasteiger charge is -2.42. The first-order valence-corrected chi connectivity index (χ1v) is 13.8. The van der Waals surface area contributed by atoms with Gasteiger partial charge in [-0.05, 0) is 60.7 Å². The number of amides is 2. The summed E-state index contributed by atoms with van der Waals surface area (Å²) in [6.07, 6.45) is 4.62. The molecule has 6 rings (SSSR count). The van der Waals surface area contributed by atoms with Gasteiger partial charge in [-0.25, -0.2) is 0 Å². The van der Waals surface area contributed by atoms with E-state index in [1.807, 2.05) is 6.07 Å². The molecule has 6 nitrogen and oxygen atoms in total. The fourth-order valence-corrected chi connectivity index (χ4v) is 6.77. The number of hydrogen-bond acceptors (Lipinski definition) is 4. The Labute approximate surface area is 224 Å². The Kier molecular flexibility index (Phi) is 6.79. The summed E-state index contributed by atoms with van der Waals surface area (Å²) in [5, 5.41) is 6.99. The number of fused-ring (bicyclic) bond motifs is 3. The lowest BCUT2D eigenvalue weighted by molar-refractivity contribution is -0.138. The molecular formula is C32H35N3O3. The van der Waals surface area contributed by atoms with Gasteiger partial charge >= 0.3 is 0 Å². The number of methoxy groups -OCH3 is 1. The fourth-order valence-electron chi connectivity index (χ4n) is 6.77. The molecule has 2 N–H and O–H groups in total. The molecule has 0 spiro atoms. The molecule has 2 fully saturated rings. The van der Waals surface area contributed by atoms with E-state index < -0.39 is 0 Å². The Morgan fingerprint density at radius 3 is 2.42 bits per heavy atom. The highest BCUT2D eigenvalue weighted by atomic mass is 16.5. The van der Waals surface area contributed by atoms with Crippen molar-refractivity contribution >= 4 is 17.5 Å². The van der Waals surface area contributed by atoms with Crippen LogP contribution in [0.5, 0.6) is 5.75 Å². The fraction of sp³-hybridized carbons (Fsp3) is 0.375. The van der Waals surface area contributed by atoms with E-state index in [9.17, 15) is 9.59 Å². The van der Waals surface area contributed by atoms with E-state index >= 15 is 0 Å². The number of carbonyl (C=O) groups is 2. The molecule has 0 radical (unpaired) electrons. The van der Waals surface area contributed by atoms with Crippen LogP contribution < -0.4 is 15.4 Å². The molecule has 3 aromatic rings. The van der Waals surface area contributed by atoms with Gasteiger partial charge in [-0.1, -0.05) is 61.4 Å². The van der Waals surface area contributed by atoms with E-state index in [-0.39, 0.29) is 35.9 Å². The van der Waals surface area contributed by atoms with Gasteiger partial charge in [0.15, 0.2) is 0 Å². The maximum Gasteiger partial charge on any atom is 0.251 e. The number of hydrogen-bond donors (Lipinski definition) is 2. The standard InChI is InChI=1S/C32H35N3O3/c1-38-23-17-15-22(16-18-23)31(36)34-28-14-8-6-12-25(28)32(37)35-20-19-26-29(21-9-3-2-4-10-21)33-27-13-7-5-11-24(27)30(26)35/h2-5,7,9-11,13,15-18,25-26,28-30,33H,6,8,12,14,19-20H2,1H3,(H,34,36)/t25-,26-,28+,29-,30-/m0/s1. The van der Waals surface area contributed by atoms with Crippen molar-refractivity contribution in [2.45, 2.75) is 50.2 Å². The Morgan fingerprint density at radius 1 is 0.895 bits per heavy atom. The minimum atomic E-state index is -0.207. The number of benzene rings is 3. The van der Waals surface area contributed by atoms with E-state index in [1.165, 1.54) is 11.1 Å². The zero-order valence-electron chi connectivity index (χ0n) is 21.8. The SMILES string of the molecule is COc1ccc(C(=O)N[C@@H]2CCCC[C@@H]2C(=O)N2CC[C@H]3[C@H](c4ccccc4)Nc4ccccc4[C@@H]32)cc1. The Hall–Kier alpha value is -3.80. The van der Waals surface area contributed by atoms with Crippen molar-refractivity contribution in [2.24, 2.45) is 11.8 Å². The number of likely N-dealkylation sites (tertiary alicyclic amines) is 1. The van der Waals surface area contributed by atoms with Crippen molar-refractivity contribution in [3.8, 4) is 5.75 Å². The van der Waals surface area contributed by atoms with Crippen molar-refractivity contribution in [3.63, 3.8) is 0 Å². The maximum absolute atomic E-state index is 14.3. The monoisotopic (exact) mass is 509 g/mol. The summed E-state index contributed by atoms with van der Waals surface area (Å²) in [4.78, 5) is 29.5. The zero-order valence-corrected chi connectivity index (χ0v) is 21.8. The summed E-state index contributed by atoms with van der Waals surface area (Å²) >= 11 is 0. The van der Waals surface area contributed by atoms with Crippen LogP contribution in [0.3, 0.4) is 0 Å². The van der Waals surface area contributed by atoms with Gasteiger partial charge in [0.25, 0.3) is 5.91 Å². The van der Waals surface area contributed by atoms with Crippen LogP contribution in [0, 0.1) is 11.8 Å². The van der Waals surface area contributed by atoms with Gasteiger partial charge in [-0.15, -0.1) is 0 Å². The predicted octanol–water partition coefficient (Wildman–Crippen LogP) is 5.74. The molecule has 6 heteroatoms. The van der Waals surface area contributed by atoms with E-state index in [2.05, 4.69) is 64.1 Å². The first kappa shape index (κ1) is 24.5. The maximum atomic E-state index is 14.3. The third-order valence-corrected chi connectivity index (χ3v) is 8.66. The minimum Gasteiger partial charge on any atom is -0.497 e. The van der Waals surface area contributed by atoms with E-state index in [0.29, 0.717) is 17.2 Å². The van der Waals surface area contributed by atoms with Crippen LogP contribution in [-0.4, -0.2) is 36.4 Å².